The van der Waals surface area contributed by atoms with Gasteiger partial charge in [-0.1, -0.05) is 72.2 Å². The number of carboxylic acids is 1. The summed E-state index contributed by atoms with van der Waals surface area (Å²) in [4.78, 5) is 13.9. The van der Waals surface area contributed by atoms with E-state index in [-0.39, 0.29) is 10.8 Å². The fourth-order valence-corrected chi connectivity index (χ4v) is 14.0. The summed E-state index contributed by atoms with van der Waals surface area (Å²) in [6, 6.07) is 7.59. The zero-order valence-corrected chi connectivity index (χ0v) is 38.1. The van der Waals surface area contributed by atoms with Crippen LogP contribution in [0.4, 0.5) is 0 Å². The zero-order valence-electron chi connectivity index (χ0n) is 37.3. The number of terminal acetylenes is 3. The number of nitrogens with zero attached hydrogens (tertiary/aromatic N) is 2. The molecule has 4 saturated carbocycles. The highest BCUT2D eigenvalue weighted by Gasteiger charge is 2.65. The predicted octanol–water partition coefficient (Wildman–Crippen LogP) is 9.73. The van der Waals surface area contributed by atoms with Crippen molar-refractivity contribution >= 4 is 21.6 Å². The summed E-state index contributed by atoms with van der Waals surface area (Å²) in [6.45, 7) is 24.4. The molecule has 8 atom stereocenters. The first-order valence-electron chi connectivity index (χ1n) is 21.6. The average Bonchev–Trinajstić information content (AvgIpc) is 3.65. The molecule has 0 bridgehead atoms. The number of piperazine rings is 1. The number of sulfonamides is 1. The van der Waals surface area contributed by atoms with Crippen molar-refractivity contribution in [1.82, 2.24) is 14.5 Å². The third-order valence-corrected chi connectivity index (χ3v) is 16.5. The van der Waals surface area contributed by atoms with Crippen LogP contribution in [-0.4, -0.2) is 79.8 Å². The molecule has 1 aliphatic heterocycles. The largest absolute Gasteiger partial charge is 0.478 e. The Labute approximate surface area is 355 Å². The van der Waals surface area contributed by atoms with Crippen LogP contribution in [0.5, 0.6) is 0 Å². The van der Waals surface area contributed by atoms with Gasteiger partial charge in [-0.25, -0.2) is 13.2 Å². The van der Waals surface area contributed by atoms with E-state index in [0.29, 0.717) is 35.5 Å². The second-order valence-corrected chi connectivity index (χ2v) is 19.9. The number of hydrogen-bond acceptors (Lipinski definition) is 5. The molecule has 322 valence electrons. The molecule has 5 aliphatic carbocycles. The van der Waals surface area contributed by atoms with Crippen molar-refractivity contribution in [3.63, 3.8) is 0 Å². The molecule has 1 aromatic carbocycles. The molecule has 0 amide bonds. The molecule has 0 aromatic heterocycles. The van der Waals surface area contributed by atoms with E-state index in [4.69, 9.17) is 0 Å². The molecule has 6 aliphatic rings. The lowest BCUT2D eigenvalue weighted by molar-refractivity contribution is -0.172. The third kappa shape index (κ3) is 10.2. The minimum absolute atomic E-state index is 0.0461. The minimum atomic E-state index is -3.09. The van der Waals surface area contributed by atoms with E-state index >= 15 is 0 Å². The number of benzene rings is 1. The van der Waals surface area contributed by atoms with E-state index in [1.165, 1.54) is 75.2 Å². The molecule has 7 rings (SSSR count). The number of fused-ring (bicyclic) bond motifs is 7. The Kier molecular flexibility index (Phi) is 19.1. The Morgan fingerprint density at radius 1 is 0.845 bits per heavy atom. The maximum atomic E-state index is 11.9. The standard InChI is InChI=1S/C39H59N3O4S.C3H6.C2H6.3C2H2/c1-36(2)30(27-8-10-28(11-9-27)35(43)44)14-18-38(4)33(36)16-19-37(3)31-15-20-39(17-6-7-32(39)29(31)12-13-34(37)38)40-21-22-41-23-25-42(26-24-41)47(5,45)46;1-3-2;4*1-2/h8-11,14,29,31-34,40H,6-7,12-13,15-26H2,1-5H3,(H,43,44);3H,1H2,2H3;1-2H3;3*1-2H/t29-,31?,32?,33?,34?,37-,38-,39-;;;;;/m0...../s1. The van der Waals surface area contributed by atoms with Crippen LogP contribution >= 0.6 is 0 Å². The number of allylic oxidation sites excluding steroid dienone is 3. The van der Waals surface area contributed by atoms with Crippen molar-refractivity contribution in [2.24, 2.45) is 45.8 Å². The number of hydrogen-bond donors (Lipinski definition) is 2. The number of carbonyl (C=O) groups is 1. The molecule has 5 fully saturated rings. The Morgan fingerprint density at radius 2 is 1.43 bits per heavy atom. The molecule has 7 nitrogen and oxygen atoms in total. The van der Waals surface area contributed by atoms with E-state index < -0.39 is 16.0 Å². The van der Waals surface area contributed by atoms with Gasteiger partial charge in [-0.15, -0.1) is 45.1 Å². The van der Waals surface area contributed by atoms with Crippen molar-refractivity contribution < 1.29 is 18.3 Å². The lowest BCUT2D eigenvalue weighted by atomic mass is 9.37. The first kappa shape index (κ1) is 50.8. The van der Waals surface area contributed by atoms with Crippen molar-refractivity contribution in [2.75, 3.05) is 45.5 Å². The average molecular weight is 816 g/mol. The first-order chi connectivity index (χ1) is 27.6. The predicted molar refractivity (Wildman–Crippen MR) is 245 cm³/mol. The summed E-state index contributed by atoms with van der Waals surface area (Å²) in [6.07, 6.45) is 42.8. The minimum Gasteiger partial charge on any atom is -0.478 e. The van der Waals surface area contributed by atoms with E-state index in [2.05, 4.69) is 89.1 Å². The molecule has 8 heteroatoms. The summed E-state index contributed by atoms with van der Waals surface area (Å²) in [5.41, 5.74) is 3.98. The lowest BCUT2D eigenvalue weighted by Crippen LogP contribution is -2.64. The van der Waals surface area contributed by atoms with Gasteiger partial charge in [0.25, 0.3) is 0 Å². The second-order valence-electron chi connectivity index (χ2n) is 18.0. The smallest absolute Gasteiger partial charge is 0.335 e. The van der Waals surface area contributed by atoms with Crippen molar-refractivity contribution in [3.8, 4) is 38.5 Å². The molecule has 0 radical (unpaired) electrons. The highest BCUT2D eigenvalue weighted by Crippen LogP contribution is 2.72. The summed E-state index contributed by atoms with van der Waals surface area (Å²) in [5, 5.41) is 13.6. The summed E-state index contributed by atoms with van der Waals surface area (Å²) in [5.74, 6) is 2.94. The first-order valence-corrected chi connectivity index (χ1v) is 23.5. The normalized spacial score (nSPS) is 33.2. The topological polar surface area (TPSA) is 89.9 Å². The molecule has 1 heterocycles. The number of carboxylic acid groups (broad SMARTS) is 1. The van der Waals surface area contributed by atoms with Crippen LogP contribution in [0, 0.1) is 84.4 Å². The van der Waals surface area contributed by atoms with Gasteiger partial charge in [-0.2, -0.15) is 4.31 Å². The van der Waals surface area contributed by atoms with Crippen LogP contribution in [-0.2, 0) is 10.0 Å². The van der Waals surface area contributed by atoms with Crippen LogP contribution < -0.4 is 5.32 Å². The number of nitrogens with one attached hydrogen (secondary N) is 1. The Morgan fingerprint density at radius 3 is 1.98 bits per heavy atom. The Bertz CT molecular complexity index is 1670. The van der Waals surface area contributed by atoms with Gasteiger partial charge >= 0.3 is 5.97 Å². The monoisotopic (exact) mass is 816 g/mol. The summed E-state index contributed by atoms with van der Waals surface area (Å²) >= 11 is 0. The van der Waals surface area contributed by atoms with Gasteiger partial charge in [0.1, 0.15) is 0 Å². The summed E-state index contributed by atoms with van der Waals surface area (Å²) in [7, 11) is -3.09. The maximum Gasteiger partial charge on any atom is 0.335 e. The van der Waals surface area contributed by atoms with Gasteiger partial charge in [0.05, 0.1) is 11.8 Å². The highest BCUT2D eigenvalue weighted by atomic mass is 32.2. The van der Waals surface area contributed by atoms with Gasteiger partial charge in [-0.05, 0) is 134 Å². The zero-order chi connectivity index (χ0) is 44.1. The number of rotatable bonds is 7. The van der Waals surface area contributed by atoms with E-state index in [0.717, 1.165) is 56.3 Å². The van der Waals surface area contributed by atoms with Crippen LogP contribution in [0.25, 0.3) is 5.57 Å². The van der Waals surface area contributed by atoms with Gasteiger partial charge in [0.2, 0.25) is 10.0 Å². The van der Waals surface area contributed by atoms with E-state index in [9.17, 15) is 18.3 Å². The molecule has 2 N–H and O–H groups in total. The molecule has 1 saturated heterocycles. The van der Waals surface area contributed by atoms with E-state index in [1.807, 2.05) is 32.9 Å². The van der Waals surface area contributed by atoms with Gasteiger partial charge < -0.3 is 10.4 Å². The Balaban J connectivity index is 0.000000969. The number of aromatic carboxylic acids is 1. The SMILES string of the molecule is C#C.C#C.C#C.C=CC.CC.CC1(C)C(c2ccc(C(=O)O)cc2)=CC[C@@]2(C)C1CC[C@@]1(C)C3CC[C@@]4(NCCN5CCN(S(C)(=O)=O)CC5)CCCC4[C@H]3CCC12. The lowest BCUT2D eigenvalue weighted by Gasteiger charge is -2.68. The molecule has 0 spiro atoms. The van der Waals surface area contributed by atoms with Crippen LogP contribution in [0.3, 0.4) is 0 Å². The van der Waals surface area contributed by atoms with Crippen molar-refractivity contribution in [1.29, 1.82) is 0 Å². The van der Waals surface area contributed by atoms with Gasteiger partial charge in [-0.3, -0.25) is 4.90 Å². The molecular weight excluding hydrogens is 739 g/mol. The van der Waals surface area contributed by atoms with Crippen molar-refractivity contribution in [3.05, 3.63) is 54.1 Å². The van der Waals surface area contributed by atoms with E-state index in [1.54, 1.807) is 22.5 Å². The fraction of sp³-hybridized carbons (Fsp3) is 0.660. The fourth-order valence-electron chi connectivity index (χ4n) is 13.2. The second kappa shape index (κ2) is 21.8. The molecule has 58 heavy (non-hydrogen) atoms. The van der Waals surface area contributed by atoms with Gasteiger partial charge in [0.15, 0.2) is 0 Å². The molecular formula is C50H77N3O4S. The molecule has 1 aromatic rings. The van der Waals surface area contributed by atoms with Gasteiger partial charge in [0, 0.05) is 44.8 Å². The quantitative estimate of drug-likeness (QED) is 0.211. The highest BCUT2D eigenvalue weighted by molar-refractivity contribution is 7.88. The van der Waals surface area contributed by atoms with Crippen LogP contribution in [0.15, 0.2) is 43.0 Å². The van der Waals surface area contributed by atoms with Crippen LogP contribution in [0.2, 0.25) is 0 Å². The summed E-state index contributed by atoms with van der Waals surface area (Å²) < 4.78 is 25.5. The maximum absolute atomic E-state index is 11.9. The molecule has 4 unspecified atom stereocenters. The Hall–Kier alpha value is -3.32. The van der Waals surface area contributed by atoms with Crippen molar-refractivity contribution in [2.45, 2.75) is 118 Å². The van der Waals surface area contributed by atoms with Crippen LogP contribution in [0.1, 0.15) is 129 Å². The third-order valence-electron chi connectivity index (χ3n) is 15.2.